The van der Waals surface area contributed by atoms with Crippen molar-refractivity contribution in [2.75, 3.05) is 37.6 Å². The monoisotopic (exact) mass is 232 g/mol. The third-order valence-corrected chi connectivity index (χ3v) is 3.37. The minimum absolute atomic E-state index is 0.813. The van der Waals surface area contributed by atoms with Crippen LogP contribution in [0.3, 0.4) is 0 Å². The van der Waals surface area contributed by atoms with E-state index in [2.05, 4.69) is 26.9 Å². The second-order valence-electron chi connectivity index (χ2n) is 4.30. The lowest BCUT2D eigenvalue weighted by Crippen LogP contribution is -2.46. The molecule has 3 rings (SSSR count). The van der Waals surface area contributed by atoms with Gasteiger partial charge in [-0.2, -0.15) is 0 Å². The molecule has 0 saturated carbocycles. The van der Waals surface area contributed by atoms with Gasteiger partial charge in [0.25, 0.3) is 0 Å². The van der Waals surface area contributed by atoms with Crippen LogP contribution in [0.15, 0.2) is 23.0 Å². The lowest BCUT2D eigenvalue weighted by atomic mass is 10.2. The minimum atomic E-state index is 0.813. The van der Waals surface area contributed by atoms with Crippen molar-refractivity contribution in [3.8, 4) is 0 Å². The summed E-state index contributed by atoms with van der Waals surface area (Å²) >= 11 is 0. The van der Waals surface area contributed by atoms with E-state index < -0.39 is 0 Å². The molecule has 0 aromatic carbocycles. The van der Waals surface area contributed by atoms with Crippen molar-refractivity contribution in [2.45, 2.75) is 6.92 Å². The number of piperazine rings is 1. The van der Waals surface area contributed by atoms with Crippen LogP contribution in [0.1, 0.15) is 6.92 Å². The van der Waals surface area contributed by atoms with Gasteiger partial charge in [0, 0.05) is 44.6 Å². The topological polar surface area (TPSA) is 45.4 Å². The van der Waals surface area contributed by atoms with E-state index in [1.165, 1.54) is 0 Å². The first-order chi connectivity index (χ1) is 8.38. The Balaban J connectivity index is 1.85. The molecular formula is C12H16N4O. The maximum absolute atomic E-state index is 5.31. The molecule has 0 amide bonds. The number of pyridine rings is 1. The number of hydrogen-bond donors (Lipinski definition) is 0. The van der Waals surface area contributed by atoms with Crippen LogP contribution >= 0.6 is 0 Å². The number of fused-ring (bicyclic) bond motifs is 1. The fourth-order valence-electron chi connectivity index (χ4n) is 2.27. The average molecular weight is 232 g/mol. The molecule has 0 aliphatic carbocycles. The first kappa shape index (κ1) is 10.5. The van der Waals surface area contributed by atoms with Crippen molar-refractivity contribution in [3.05, 3.63) is 18.5 Å². The summed E-state index contributed by atoms with van der Waals surface area (Å²) in [5.74, 6) is 0.934. The van der Waals surface area contributed by atoms with Gasteiger partial charge < -0.3 is 14.3 Å². The molecule has 3 heterocycles. The highest BCUT2D eigenvalue weighted by molar-refractivity contribution is 5.87. The largest absolute Gasteiger partial charge is 0.354 e. The molecule has 0 spiro atoms. The number of nitrogens with zero attached hydrogens (tertiary/aromatic N) is 4. The Kier molecular flexibility index (Phi) is 2.68. The quantitative estimate of drug-likeness (QED) is 0.782. The van der Waals surface area contributed by atoms with E-state index >= 15 is 0 Å². The maximum Gasteiger partial charge on any atom is 0.181 e. The fraction of sp³-hybridized carbons (Fsp3) is 0.500. The van der Waals surface area contributed by atoms with Crippen molar-refractivity contribution in [1.82, 2.24) is 15.0 Å². The number of hydrogen-bond acceptors (Lipinski definition) is 5. The summed E-state index contributed by atoms with van der Waals surface area (Å²) in [6.07, 6.45) is 3.56. The Hall–Kier alpha value is -1.62. The normalized spacial score (nSPS) is 17.8. The summed E-state index contributed by atoms with van der Waals surface area (Å²) < 4.78 is 5.31. The average Bonchev–Trinajstić information content (AvgIpc) is 2.83. The van der Waals surface area contributed by atoms with Crippen LogP contribution < -0.4 is 4.90 Å². The van der Waals surface area contributed by atoms with Crippen molar-refractivity contribution >= 4 is 16.8 Å². The second kappa shape index (κ2) is 4.33. The van der Waals surface area contributed by atoms with Gasteiger partial charge in [0.15, 0.2) is 11.4 Å². The molecule has 90 valence electrons. The van der Waals surface area contributed by atoms with Crippen LogP contribution in [0, 0.1) is 0 Å². The zero-order valence-electron chi connectivity index (χ0n) is 9.96. The van der Waals surface area contributed by atoms with Crippen LogP contribution in [0.25, 0.3) is 11.0 Å². The van der Waals surface area contributed by atoms with E-state index in [0.717, 1.165) is 49.5 Å². The van der Waals surface area contributed by atoms with Crippen molar-refractivity contribution in [2.24, 2.45) is 0 Å². The predicted molar refractivity (Wildman–Crippen MR) is 66.1 cm³/mol. The Morgan fingerprint density at radius 3 is 2.88 bits per heavy atom. The minimum Gasteiger partial charge on any atom is -0.354 e. The van der Waals surface area contributed by atoms with Gasteiger partial charge in [0.2, 0.25) is 0 Å². The summed E-state index contributed by atoms with van der Waals surface area (Å²) in [5.41, 5.74) is 0.813. The molecule has 0 unspecified atom stereocenters. The van der Waals surface area contributed by atoms with Gasteiger partial charge in [-0.1, -0.05) is 12.1 Å². The molecule has 0 atom stereocenters. The molecule has 5 nitrogen and oxygen atoms in total. The molecule has 17 heavy (non-hydrogen) atoms. The van der Waals surface area contributed by atoms with Gasteiger partial charge in [0.05, 0.1) is 5.39 Å². The highest BCUT2D eigenvalue weighted by Gasteiger charge is 2.20. The summed E-state index contributed by atoms with van der Waals surface area (Å²) in [4.78, 5) is 8.85. The Labute approximate surface area is 100 Å². The van der Waals surface area contributed by atoms with E-state index in [1.54, 1.807) is 6.20 Å². The van der Waals surface area contributed by atoms with E-state index in [-0.39, 0.29) is 0 Å². The van der Waals surface area contributed by atoms with Crippen LogP contribution in [-0.2, 0) is 0 Å². The highest BCUT2D eigenvalue weighted by atomic mass is 16.5. The molecule has 5 heteroatoms. The van der Waals surface area contributed by atoms with Crippen LogP contribution in [0.5, 0.6) is 0 Å². The number of aromatic nitrogens is 2. The van der Waals surface area contributed by atoms with Crippen LogP contribution in [0.2, 0.25) is 0 Å². The van der Waals surface area contributed by atoms with Crippen molar-refractivity contribution < 1.29 is 4.52 Å². The molecule has 0 bridgehead atoms. The van der Waals surface area contributed by atoms with E-state index in [4.69, 9.17) is 4.52 Å². The van der Waals surface area contributed by atoms with Crippen LogP contribution in [-0.4, -0.2) is 47.8 Å². The fourth-order valence-corrected chi connectivity index (χ4v) is 2.27. The second-order valence-corrected chi connectivity index (χ2v) is 4.30. The summed E-state index contributed by atoms with van der Waals surface area (Å²) in [6, 6.07) is 1.86. The lowest BCUT2D eigenvalue weighted by Gasteiger charge is -2.33. The molecule has 1 aliphatic rings. The van der Waals surface area contributed by atoms with Gasteiger partial charge in [-0.05, 0) is 6.54 Å². The number of rotatable bonds is 2. The molecule has 1 aliphatic heterocycles. The smallest absolute Gasteiger partial charge is 0.181 e. The number of anilines is 1. The van der Waals surface area contributed by atoms with Gasteiger partial charge in [-0.15, -0.1) is 0 Å². The lowest BCUT2D eigenvalue weighted by molar-refractivity contribution is 0.269. The SMILES string of the molecule is CCN1CCN(c2noc3ccncc23)CC1. The predicted octanol–water partition coefficient (Wildman–Crippen LogP) is 1.36. The van der Waals surface area contributed by atoms with Crippen LogP contribution in [0.4, 0.5) is 5.82 Å². The summed E-state index contributed by atoms with van der Waals surface area (Å²) in [6.45, 7) is 7.50. The zero-order valence-corrected chi connectivity index (χ0v) is 9.96. The van der Waals surface area contributed by atoms with Crippen molar-refractivity contribution in [1.29, 1.82) is 0 Å². The van der Waals surface area contributed by atoms with Gasteiger partial charge in [-0.3, -0.25) is 4.98 Å². The summed E-state index contributed by atoms with van der Waals surface area (Å²) in [7, 11) is 0. The highest BCUT2D eigenvalue weighted by Crippen LogP contribution is 2.25. The van der Waals surface area contributed by atoms with E-state index in [0.29, 0.717) is 0 Å². The molecule has 0 radical (unpaired) electrons. The zero-order chi connectivity index (χ0) is 11.7. The third kappa shape index (κ3) is 1.86. The van der Waals surface area contributed by atoms with Gasteiger partial charge in [-0.25, -0.2) is 0 Å². The third-order valence-electron chi connectivity index (χ3n) is 3.37. The molecule has 2 aromatic rings. The first-order valence-electron chi connectivity index (χ1n) is 6.05. The first-order valence-corrected chi connectivity index (χ1v) is 6.05. The molecule has 1 fully saturated rings. The standard InChI is InChI=1S/C12H16N4O/c1-2-15-5-7-16(8-6-15)12-10-9-13-4-3-11(10)17-14-12/h3-4,9H,2,5-8H2,1H3. The maximum atomic E-state index is 5.31. The van der Waals surface area contributed by atoms with E-state index in [1.807, 2.05) is 12.3 Å². The number of likely N-dealkylation sites (N-methyl/N-ethyl adjacent to an activating group) is 1. The van der Waals surface area contributed by atoms with E-state index in [9.17, 15) is 0 Å². The Morgan fingerprint density at radius 1 is 1.29 bits per heavy atom. The summed E-state index contributed by atoms with van der Waals surface area (Å²) in [5, 5.41) is 5.17. The molecule has 2 aromatic heterocycles. The van der Waals surface area contributed by atoms with Gasteiger partial charge >= 0.3 is 0 Å². The Bertz CT molecular complexity index is 502. The molecule has 0 N–H and O–H groups in total. The van der Waals surface area contributed by atoms with Gasteiger partial charge in [0.1, 0.15) is 0 Å². The molecule has 1 saturated heterocycles. The Morgan fingerprint density at radius 2 is 2.12 bits per heavy atom. The van der Waals surface area contributed by atoms with Crippen molar-refractivity contribution in [3.63, 3.8) is 0 Å². The molecular weight excluding hydrogens is 216 g/mol.